The van der Waals surface area contributed by atoms with Crippen LogP contribution in [0.1, 0.15) is 24.4 Å². The first-order valence-corrected chi connectivity index (χ1v) is 9.62. The highest BCUT2D eigenvalue weighted by Crippen LogP contribution is 2.29. The minimum Gasteiger partial charge on any atom is -0.383 e. The summed E-state index contributed by atoms with van der Waals surface area (Å²) in [7, 11) is 5.81. The second-order valence-corrected chi connectivity index (χ2v) is 7.11. The van der Waals surface area contributed by atoms with Crippen LogP contribution in [0.5, 0.6) is 0 Å². The molecular weight excluding hydrogens is 342 g/mol. The van der Waals surface area contributed by atoms with Crippen LogP contribution in [0.25, 0.3) is 0 Å². The summed E-state index contributed by atoms with van der Waals surface area (Å²) in [5, 5.41) is 12.6. The van der Waals surface area contributed by atoms with Crippen LogP contribution in [0.3, 0.4) is 0 Å². The Bertz CT molecular complexity index is 692. The third-order valence-corrected chi connectivity index (χ3v) is 5.26. The van der Waals surface area contributed by atoms with E-state index in [0.717, 1.165) is 38.5 Å². The smallest absolute Gasteiger partial charge is 0.173 e. The maximum Gasteiger partial charge on any atom is 0.173 e. The number of benzene rings is 1. The highest BCUT2D eigenvalue weighted by Gasteiger charge is 2.30. The largest absolute Gasteiger partial charge is 0.383 e. The zero-order valence-electron chi connectivity index (χ0n) is 16.9. The fraction of sp³-hybridized carbons (Fsp3) is 0.632. The van der Waals surface area contributed by atoms with Crippen LogP contribution in [0.4, 0.5) is 5.69 Å². The van der Waals surface area contributed by atoms with Crippen molar-refractivity contribution in [1.82, 2.24) is 30.0 Å². The van der Waals surface area contributed by atoms with Gasteiger partial charge in [-0.05, 0) is 34.7 Å². The minimum atomic E-state index is 0.0482. The zero-order chi connectivity index (χ0) is 19.2. The van der Waals surface area contributed by atoms with Crippen molar-refractivity contribution in [1.29, 1.82) is 0 Å². The lowest BCUT2D eigenvalue weighted by atomic mass is 10.0. The maximum absolute atomic E-state index is 5.23. The second kappa shape index (κ2) is 9.25. The number of hydrogen-bond acceptors (Lipinski definition) is 7. The van der Waals surface area contributed by atoms with Crippen molar-refractivity contribution in [3.05, 3.63) is 35.7 Å². The predicted molar refractivity (Wildman–Crippen MR) is 106 cm³/mol. The molecule has 1 aliphatic rings. The van der Waals surface area contributed by atoms with Crippen LogP contribution in [0, 0.1) is 0 Å². The first kappa shape index (κ1) is 19.7. The molecule has 1 fully saturated rings. The molecule has 0 bridgehead atoms. The van der Waals surface area contributed by atoms with Crippen molar-refractivity contribution in [3.63, 3.8) is 0 Å². The number of nitrogens with zero attached hydrogens (tertiary/aromatic N) is 7. The van der Waals surface area contributed by atoms with Gasteiger partial charge in [-0.3, -0.25) is 4.90 Å². The van der Waals surface area contributed by atoms with Crippen molar-refractivity contribution in [2.75, 3.05) is 65.4 Å². The number of rotatable bonds is 8. The Morgan fingerprint density at radius 3 is 2.41 bits per heavy atom. The van der Waals surface area contributed by atoms with Gasteiger partial charge in [0.05, 0.1) is 19.2 Å². The van der Waals surface area contributed by atoms with Crippen LogP contribution in [-0.4, -0.2) is 90.5 Å². The lowest BCUT2D eigenvalue weighted by Crippen LogP contribution is -2.48. The van der Waals surface area contributed by atoms with Crippen molar-refractivity contribution in [2.45, 2.75) is 19.5 Å². The summed E-state index contributed by atoms with van der Waals surface area (Å²) < 4.78 is 7.10. The third-order valence-electron chi connectivity index (χ3n) is 5.26. The van der Waals surface area contributed by atoms with Crippen LogP contribution in [0.2, 0.25) is 0 Å². The summed E-state index contributed by atoms with van der Waals surface area (Å²) in [6.07, 6.45) is 0. The number of methoxy groups -OCH3 is 1. The molecule has 0 aliphatic carbocycles. The second-order valence-electron chi connectivity index (χ2n) is 7.11. The summed E-state index contributed by atoms with van der Waals surface area (Å²) in [5.74, 6) is 0.884. The Morgan fingerprint density at radius 1 is 1.11 bits per heavy atom. The van der Waals surface area contributed by atoms with Gasteiger partial charge in [0.1, 0.15) is 0 Å². The highest BCUT2D eigenvalue weighted by atomic mass is 16.5. The van der Waals surface area contributed by atoms with Crippen molar-refractivity contribution < 1.29 is 4.74 Å². The minimum absolute atomic E-state index is 0.0482. The van der Waals surface area contributed by atoms with E-state index in [2.05, 4.69) is 75.5 Å². The molecule has 1 saturated heterocycles. The molecule has 1 unspecified atom stereocenters. The van der Waals surface area contributed by atoms with Gasteiger partial charge in [0.2, 0.25) is 0 Å². The first-order valence-electron chi connectivity index (χ1n) is 9.62. The van der Waals surface area contributed by atoms with E-state index < -0.39 is 0 Å². The van der Waals surface area contributed by atoms with Crippen LogP contribution in [0.15, 0.2) is 24.3 Å². The van der Waals surface area contributed by atoms with E-state index in [1.807, 2.05) is 4.68 Å². The van der Waals surface area contributed by atoms with Gasteiger partial charge in [-0.15, -0.1) is 5.10 Å². The molecule has 2 heterocycles. The fourth-order valence-electron chi connectivity index (χ4n) is 3.56. The molecule has 2 aromatic rings. The number of hydrogen-bond donors (Lipinski definition) is 0. The summed E-state index contributed by atoms with van der Waals surface area (Å²) in [6.45, 7) is 8.72. The fourth-order valence-corrected chi connectivity index (χ4v) is 3.56. The summed E-state index contributed by atoms with van der Waals surface area (Å²) in [5.41, 5.74) is 2.41. The number of anilines is 1. The molecule has 0 N–H and O–H groups in total. The highest BCUT2D eigenvalue weighted by molar-refractivity contribution is 5.47. The molecule has 1 aromatic carbocycles. The summed E-state index contributed by atoms with van der Waals surface area (Å²) in [4.78, 5) is 7.09. The predicted octanol–water partition coefficient (Wildman–Crippen LogP) is 1.11. The molecule has 8 heteroatoms. The molecule has 8 nitrogen and oxygen atoms in total. The molecule has 0 spiro atoms. The molecule has 3 rings (SSSR count). The van der Waals surface area contributed by atoms with E-state index in [0.29, 0.717) is 13.2 Å². The van der Waals surface area contributed by atoms with E-state index in [9.17, 15) is 0 Å². The van der Waals surface area contributed by atoms with E-state index in [1.165, 1.54) is 11.3 Å². The molecule has 148 valence electrons. The van der Waals surface area contributed by atoms with Gasteiger partial charge >= 0.3 is 0 Å². The van der Waals surface area contributed by atoms with E-state index in [-0.39, 0.29) is 6.04 Å². The Kier molecular flexibility index (Phi) is 6.76. The molecule has 1 atom stereocenters. The molecule has 1 aliphatic heterocycles. The quantitative estimate of drug-likeness (QED) is 0.687. The number of tetrazole rings is 1. The van der Waals surface area contributed by atoms with Crippen LogP contribution in [-0.2, 0) is 11.3 Å². The van der Waals surface area contributed by atoms with E-state index >= 15 is 0 Å². The van der Waals surface area contributed by atoms with Gasteiger partial charge in [0.15, 0.2) is 5.82 Å². The average Bonchev–Trinajstić information content (AvgIpc) is 3.15. The molecular formula is C19H31N7O. The van der Waals surface area contributed by atoms with Crippen molar-refractivity contribution in [3.8, 4) is 0 Å². The Balaban J connectivity index is 1.91. The monoisotopic (exact) mass is 373 g/mol. The molecule has 0 amide bonds. The van der Waals surface area contributed by atoms with E-state index in [4.69, 9.17) is 4.74 Å². The van der Waals surface area contributed by atoms with Gasteiger partial charge in [-0.2, -0.15) is 0 Å². The summed E-state index contributed by atoms with van der Waals surface area (Å²) in [6, 6.07) is 8.76. The first-order chi connectivity index (χ1) is 13.1. The van der Waals surface area contributed by atoms with Crippen LogP contribution < -0.4 is 4.90 Å². The maximum atomic E-state index is 5.23. The summed E-state index contributed by atoms with van der Waals surface area (Å²) >= 11 is 0. The lowest BCUT2D eigenvalue weighted by molar-refractivity contribution is 0.107. The van der Waals surface area contributed by atoms with Crippen molar-refractivity contribution in [2.24, 2.45) is 0 Å². The number of aromatic nitrogens is 4. The molecule has 27 heavy (non-hydrogen) atoms. The number of likely N-dealkylation sites (N-methyl/N-ethyl adjacent to an activating group) is 1. The van der Waals surface area contributed by atoms with Crippen molar-refractivity contribution >= 4 is 5.69 Å². The number of piperazine rings is 1. The standard InChI is InChI=1S/C19H31N7O/c1-5-24-10-12-25(13-11-24)18(16-6-8-17(9-7-16)23(2)3)19-20-21-22-26(19)14-15-27-4/h6-9,18H,5,10-15H2,1-4H3. The topological polar surface area (TPSA) is 62.5 Å². The van der Waals surface area contributed by atoms with Gasteiger partial charge in [0, 0.05) is 53.1 Å². The number of ether oxygens (including phenoxy) is 1. The molecule has 0 saturated carbocycles. The van der Waals surface area contributed by atoms with Gasteiger partial charge in [-0.25, -0.2) is 4.68 Å². The van der Waals surface area contributed by atoms with Crippen LogP contribution >= 0.6 is 0 Å². The Hall–Kier alpha value is -2.03. The Morgan fingerprint density at radius 2 is 1.81 bits per heavy atom. The van der Waals surface area contributed by atoms with E-state index in [1.54, 1.807) is 7.11 Å². The lowest BCUT2D eigenvalue weighted by Gasteiger charge is -2.38. The Labute approximate surface area is 161 Å². The van der Waals surface area contributed by atoms with Gasteiger partial charge < -0.3 is 14.5 Å². The zero-order valence-corrected chi connectivity index (χ0v) is 16.9. The van der Waals surface area contributed by atoms with Gasteiger partial charge in [0.25, 0.3) is 0 Å². The third kappa shape index (κ3) is 4.63. The molecule has 0 radical (unpaired) electrons. The normalized spacial score (nSPS) is 17.2. The average molecular weight is 374 g/mol. The van der Waals surface area contributed by atoms with Gasteiger partial charge in [-0.1, -0.05) is 19.1 Å². The molecule has 1 aromatic heterocycles. The SMILES string of the molecule is CCN1CCN(C(c2ccc(N(C)C)cc2)c2nnnn2CCOC)CC1.